The lowest BCUT2D eigenvalue weighted by Gasteiger charge is -2.13. The van der Waals surface area contributed by atoms with Gasteiger partial charge >= 0.3 is 5.97 Å². The minimum absolute atomic E-state index is 0.225. The Hall–Kier alpha value is -1.82. The first-order chi connectivity index (χ1) is 11.0. The summed E-state index contributed by atoms with van der Waals surface area (Å²) in [6, 6.07) is 8.15. The number of esters is 1. The largest absolute Gasteiger partial charge is 0.462 e. The van der Waals surface area contributed by atoms with Crippen LogP contribution in [0.2, 0.25) is 10.0 Å². The molecule has 0 aliphatic rings. The van der Waals surface area contributed by atoms with E-state index in [1.54, 1.807) is 37.3 Å². The molecule has 1 atom stereocenters. The van der Waals surface area contributed by atoms with Gasteiger partial charge in [-0.25, -0.2) is 9.78 Å². The number of benzene rings is 1. The number of hydrogen-bond acceptors (Lipinski definition) is 5. The third kappa shape index (κ3) is 5.10. The molecule has 1 unspecified atom stereocenters. The first-order valence-corrected chi connectivity index (χ1v) is 7.76. The molecule has 0 fully saturated rings. The topological polar surface area (TPSA) is 71.5 Å². The number of ether oxygens (including phenoxy) is 1. The van der Waals surface area contributed by atoms with Crippen LogP contribution in [0.25, 0.3) is 0 Å². The van der Waals surface area contributed by atoms with Crippen molar-refractivity contribution in [2.45, 2.75) is 13.0 Å². The van der Waals surface area contributed by atoms with Gasteiger partial charge in [0, 0.05) is 22.8 Å². The number of carbonyl (C=O) groups excluding carboxylic acids is 1. The van der Waals surface area contributed by atoms with Gasteiger partial charge in [0.25, 0.3) is 0 Å². The SMILES string of the molecule is CCOC(=O)c1ccc(NCC(O)c2cc(Cl)cc(Cl)c2)nc1. The zero-order valence-corrected chi connectivity index (χ0v) is 13.9. The van der Waals surface area contributed by atoms with Crippen molar-refractivity contribution in [3.63, 3.8) is 0 Å². The van der Waals surface area contributed by atoms with E-state index in [1.165, 1.54) is 6.20 Å². The van der Waals surface area contributed by atoms with Crippen molar-refractivity contribution < 1.29 is 14.6 Å². The molecule has 0 aliphatic heterocycles. The van der Waals surface area contributed by atoms with Crippen LogP contribution in [0.4, 0.5) is 5.82 Å². The lowest BCUT2D eigenvalue weighted by Crippen LogP contribution is -2.13. The lowest BCUT2D eigenvalue weighted by atomic mass is 10.1. The van der Waals surface area contributed by atoms with Crippen molar-refractivity contribution in [1.82, 2.24) is 4.98 Å². The number of aliphatic hydroxyl groups is 1. The van der Waals surface area contributed by atoms with Gasteiger partial charge in [-0.3, -0.25) is 0 Å². The molecular weight excluding hydrogens is 339 g/mol. The summed E-state index contributed by atoms with van der Waals surface area (Å²) in [5, 5.41) is 14.1. The predicted molar refractivity (Wildman–Crippen MR) is 90.1 cm³/mol. The van der Waals surface area contributed by atoms with Crippen molar-refractivity contribution in [3.8, 4) is 0 Å². The Bertz CT molecular complexity index is 657. The fraction of sp³-hybridized carbons (Fsp3) is 0.250. The average molecular weight is 355 g/mol. The van der Waals surface area contributed by atoms with Gasteiger partial charge in [0.1, 0.15) is 5.82 Å². The molecule has 23 heavy (non-hydrogen) atoms. The molecule has 122 valence electrons. The van der Waals surface area contributed by atoms with E-state index < -0.39 is 12.1 Å². The van der Waals surface area contributed by atoms with Crippen molar-refractivity contribution in [1.29, 1.82) is 0 Å². The molecular formula is C16H16Cl2N2O3. The molecule has 7 heteroatoms. The number of carbonyl (C=O) groups is 1. The number of pyridine rings is 1. The monoisotopic (exact) mass is 354 g/mol. The highest BCUT2D eigenvalue weighted by Gasteiger charge is 2.11. The maximum Gasteiger partial charge on any atom is 0.339 e. The molecule has 0 radical (unpaired) electrons. The van der Waals surface area contributed by atoms with Crippen LogP contribution in [0.15, 0.2) is 36.5 Å². The quantitative estimate of drug-likeness (QED) is 0.773. The third-order valence-corrected chi connectivity index (χ3v) is 3.46. The smallest absolute Gasteiger partial charge is 0.339 e. The first-order valence-electron chi connectivity index (χ1n) is 7.00. The summed E-state index contributed by atoms with van der Waals surface area (Å²) < 4.78 is 4.88. The first kappa shape index (κ1) is 17.5. The Morgan fingerprint density at radius 2 is 2.00 bits per heavy atom. The zero-order valence-electron chi connectivity index (χ0n) is 12.4. The molecule has 0 saturated carbocycles. The summed E-state index contributed by atoms with van der Waals surface area (Å²) in [5.74, 6) is 0.116. The molecule has 0 bridgehead atoms. The number of nitrogens with one attached hydrogen (secondary N) is 1. The highest BCUT2D eigenvalue weighted by molar-refractivity contribution is 6.34. The van der Waals surface area contributed by atoms with Crippen molar-refractivity contribution >= 4 is 35.0 Å². The van der Waals surface area contributed by atoms with E-state index in [4.69, 9.17) is 27.9 Å². The van der Waals surface area contributed by atoms with Gasteiger partial charge in [0.05, 0.1) is 18.3 Å². The highest BCUT2D eigenvalue weighted by Crippen LogP contribution is 2.23. The van der Waals surface area contributed by atoms with Gasteiger partial charge in [-0.05, 0) is 42.8 Å². The molecule has 1 aromatic carbocycles. The summed E-state index contributed by atoms with van der Waals surface area (Å²) in [4.78, 5) is 15.6. The normalized spacial score (nSPS) is 11.8. The number of aromatic nitrogens is 1. The number of nitrogens with zero attached hydrogens (tertiary/aromatic N) is 1. The molecule has 2 aromatic rings. The van der Waals surface area contributed by atoms with E-state index in [-0.39, 0.29) is 6.54 Å². The fourth-order valence-corrected chi connectivity index (χ4v) is 2.46. The molecule has 2 N–H and O–H groups in total. The van der Waals surface area contributed by atoms with Crippen LogP contribution in [-0.2, 0) is 4.74 Å². The Kier molecular flexibility index (Phi) is 6.21. The van der Waals surface area contributed by atoms with Crippen LogP contribution in [0.1, 0.15) is 28.9 Å². The van der Waals surface area contributed by atoms with Crippen molar-refractivity contribution in [2.75, 3.05) is 18.5 Å². The van der Waals surface area contributed by atoms with Crippen LogP contribution < -0.4 is 5.32 Å². The van der Waals surface area contributed by atoms with E-state index in [0.29, 0.717) is 33.6 Å². The second-order valence-electron chi connectivity index (χ2n) is 4.75. The van der Waals surface area contributed by atoms with E-state index in [2.05, 4.69) is 10.3 Å². The molecule has 0 saturated heterocycles. The lowest BCUT2D eigenvalue weighted by molar-refractivity contribution is 0.0526. The third-order valence-electron chi connectivity index (χ3n) is 3.02. The Balaban J connectivity index is 1.96. The van der Waals surface area contributed by atoms with Crippen LogP contribution in [0, 0.1) is 0 Å². The standard InChI is InChI=1S/C16H16Cl2N2O3/c1-2-23-16(22)10-3-4-15(19-8-10)20-9-14(21)11-5-12(17)7-13(18)6-11/h3-8,14,21H,2,9H2,1H3,(H,19,20). The van der Waals surface area contributed by atoms with Gasteiger partial charge in [-0.2, -0.15) is 0 Å². The molecule has 2 rings (SSSR count). The summed E-state index contributed by atoms with van der Waals surface area (Å²) >= 11 is 11.8. The second-order valence-corrected chi connectivity index (χ2v) is 5.62. The van der Waals surface area contributed by atoms with Crippen molar-refractivity contribution in [3.05, 3.63) is 57.7 Å². The Labute approximate surface area is 144 Å². The maximum atomic E-state index is 11.5. The van der Waals surface area contributed by atoms with Gasteiger partial charge in [-0.15, -0.1) is 0 Å². The fourth-order valence-electron chi connectivity index (χ4n) is 1.92. The average Bonchev–Trinajstić information content (AvgIpc) is 2.52. The van der Waals surface area contributed by atoms with Crippen LogP contribution in [0.3, 0.4) is 0 Å². The number of aliphatic hydroxyl groups excluding tert-OH is 1. The number of rotatable bonds is 6. The minimum atomic E-state index is -0.794. The van der Waals surface area contributed by atoms with E-state index in [0.717, 1.165) is 0 Å². The van der Waals surface area contributed by atoms with Gasteiger partial charge < -0.3 is 15.2 Å². The number of halogens is 2. The molecule has 0 aliphatic carbocycles. The number of anilines is 1. The van der Waals surface area contributed by atoms with Gasteiger partial charge in [-0.1, -0.05) is 23.2 Å². The summed E-state index contributed by atoms with van der Waals surface area (Å²) in [6.07, 6.45) is 0.626. The van der Waals surface area contributed by atoms with E-state index in [1.807, 2.05) is 0 Å². The summed E-state index contributed by atoms with van der Waals surface area (Å²) in [7, 11) is 0. The molecule has 1 heterocycles. The molecule has 5 nitrogen and oxygen atoms in total. The molecule has 0 amide bonds. The highest BCUT2D eigenvalue weighted by atomic mass is 35.5. The van der Waals surface area contributed by atoms with Gasteiger partial charge in [0.15, 0.2) is 0 Å². The second kappa shape index (κ2) is 8.15. The number of hydrogen-bond donors (Lipinski definition) is 2. The van der Waals surface area contributed by atoms with Crippen LogP contribution in [-0.4, -0.2) is 29.2 Å². The molecule has 1 aromatic heterocycles. The van der Waals surface area contributed by atoms with Crippen molar-refractivity contribution in [2.24, 2.45) is 0 Å². The van der Waals surface area contributed by atoms with E-state index in [9.17, 15) is 9.90 Å². The predicted octanol–water partition coefficient (Wildman–Crippen LogP) is 3.71. The Morgan fingerprint density at radius 3 is 2.57 bits per heavy atom. The zero-order chi connectivity index (χ0) is 16.8. The van der Waals surface area contributed by atoms with E-state index >= 15 is 0 Å². The van der Waals surface area contributed by atoms with Crippen LogP contribution in [0.5, 0.6) is 0 Å². The summed E-state index contributed by atoms with van der Waals surface area (Å²) in [6.45, 7) is 2.28. The van der Waals surface area contributed by atoms with Crippen LogP contribution >= 0.6 is 23.2 Å². The maximum absolute atomic E-state index is 11.5. The summed E-state index contributed by atoms with van der Waals surface area (Å²) in [5.41, 5.74) is 0.984. The minimum Gasteiger partial charge on any atom is -0.462 e. The Morgan fingerprint density at radius 1 is 1.30 bits per heavy atom. The molecule has 0 spiro atoms. The van der Waals surface area contributed by atoms with Gasteiger partial charge in [0.2, 0.25) is 0 Å².